The van der Waals surface area contributed by atoms with Crippen LogP contribution in [0, 0.1) is 0 Å². The number of thioether (sulfide) groups is 1. The monoisotopic (exact) mass is 483 g/mol. The average molecular weight is 484 g/mol. The predicted molar refractivity (Wildman–Crippen MR) is 136 cm³/mol. The second kappa shape index (κ2) is 11.4. The molecule has 0 aliphatic rings. The third-order valence-corrected chi connectivity index (χ3v) is 6.48. The van der Waals surface area contributed by atoms with Gasteiger partial charge in [-0.15, -0.1) is 0 Å². The molecule has 182 valence electrons. The first-order chi connectivity index (χ1) is 16.2. The van der Waals surface area contributed by atoms with Gasteiger partial charge in [-0.25, -0.2) is 4.98 Å². The fourth-order valence-electron chi connectivity index (χ4n) is 3.28. The number of hydrogen-bond acceptors (Lipinski definition) is 6. The summed E-state index contributed by atoms with van der Waals surface area (Å²) < 4.78 is 5.88. The van der Waals surface area contributed by atoms with E-state index in [0.29, 0.717) is 29.4 Å². The summed E-state index contributed by atoms with van der Waals surface area (Å²) >= 11 is 1.80. The molecule has 0 bridgehead atoms. The first-order valence-corrected chi connectivity index (χ1v) is 12.5. The second-order valence-electron chi connectivity index (χ2n) is 8.98. The van der Waals surface area contributed by atoms with Crippen LogP contribution in [0.15, 0.2) is 40.9 Å². The maximum absolute atomic E-state index is 12.4. The van der Waals surface area contributed by atoms with Crippen LogP contribution in [0.25, 0.3) is 22.7 Å². The van der Waals surface area contributed by atoms with Gasteiger partial charge in [0.05, 0.1) is 11.9 Å². The molecule has 8 nitrogen and oxygen atoms in total. The van der Waals surface area contributed by atoms with Crippen LogP contribution < -0.4 is 10.6 Å². The highest BCUT2D eigenvalue weighted by atomic mass is 32.2. The molecular formula is C25H33N5O3S. The molecule has 0 saturated heterocycles. The molecule has 0 spiro atoms. The highest BCUT2D eigenvalue weighted by Gasteiger charge is 2.17. The molecule has 2 heterocycles. The van der Waals surface area contributed by atoms with Crippen LogP contribution in [-0.2, 0) is 0 Å². The molecule has 0 radical (unpaired) electrons. The Kier molecular flexibility index (Phi) is 8.55. The van der Waals surface area contributed by atoms with Crippen LogP contribution in [0.4, 0.5) is 0 Å². The molecule has 0 atom stereocenters. The maximum Gasteiger partial charge on any atom is 0.288 e. The molecule has 34 heavy (non-hydrogen) atoms. The fourth-order valence-corrected chi connectivity index (χ4v) is 4.09. The summed E-state index contributed by atoms with van der Waals surface area (Å²) in [5, 5.41) is 13.0. The number of H-pyrrole nitrogens is 1. The summed E-state index contributed by atoms with van der Waals surface area (Å²) in [5.74, 6) is 0.904. The highest BCUT2D eigenvalue weighted by Crippen LogP contribution is 2.26. The van der Waals surface area contributed by atoms with Crippen LogP contribution in [-0.4, -0.2) is 50.1 Å². The Morgan fingerprint density at radius 3 is 2.56 bits per heavy atom. The molecule has 2 aromatic heterocycles. The van der Waals surface area contributed by atoms with Gasteiger partial charge in [0.25, 0.3) is 11.8 Å². The van der Waals surface area contributed by atoms with E-state index < -0.39 is 0 Å². The van der Waals surface area contributed by atoms with Crippen LogP contribution in [0.5, 0.6) is 0 Å². The molecule has 1 aromatic carbocycles. The Balaban J connectivity index is 1.66. The first-order valence-electron chi connectivity index (χ1n) is 11.5. The number of nitrogens with zero attached hydrogens (tertiary/aromatic N) is 2. The second-order valence-corrected chi connectivity index (χ2v) is 10.9. The lowest BCUT2D eigenvalue weighted by Gasteiger charge is -2.17. The van der Waals surface area contributed by atoms with E-state index in [-0.39, 0.29) is 28.4 Å². The van der Waals surface area contributed by atoms with Gasteiger partial charge in [-0.1, -0.05) is 46.8 Å². The van der Waals surface area contributed by atoms with Crippen molar-refractivity contribution >= 4 is 23.6 Å². The topological polar surface area (TPSA) is 113 Å². The lowest BCUT2D eigenvalue weighted by Crippen LogP contribution is -2.33. The van der Waals surface area contributed by atoms with Gasteiger partial charge >= 0.3 is 0 Å². The lowest BCUT2D eigenvalue weighted by atomic mass is 10.1. The van der Waals surface area contributed by atoms with Crippen molar-refractivity contribution in [1.82, 2.24) is 25.8 Å². The summed E-state index contributed by atoms with van der Waals surface area (Å²) in [6.07, 6.45) is 3.14. The zero-order chi connectivity index (χ0) is 24.7. The lowest BCUT2D eigenvalue weighted by molar-refractivity contribution is 0.0906. The Hall–Kier alpha value is -3.07. The van der Waals surface area contributed by atoms with Crippen LogP contribution in [0.1, 0.15) is 68.5 Å². The smallest absolute Gasteiger partial charge is 0.288 e. The zero-order valence-corrected chi connectivity index (χ0v) is 21.2. The van der Waals surface area contributed by atoms with Crippen molar-refractivity contribution in [3.63, 3.8) is 0 Å². The molecule has 3 rings (SSSR count). The van der Waals surface area contributed by atoms with E-state index >= 15 is 0 Å². The minimum absolute atomic E-state index is 0.104. The number of nitrogens with one attached hydrogen (secondary N) is 3. The Morgan fingerprint density at radius 1 is 1.12 bits per heavy atom. The molecule has 0 fully saturated rings. The van der Waals surface area contributed by atoms with Crippen molar-refractivity contribution in [3.8, 4) is 22.7 Å². The molecule has 3 aromatic rings. The number of rotatable bonds is 10. The van der Waals surface area contributed by atoms with Crippen molar-refractivity contribution in [2.45, 2.75) is 58.2 Å². The van der Waals surface area contributed by atoms with Gasteiger partial charge in [0, 0.05) is 34.2 Å². The van der Waals surface area contributed by atoms with E-state index in [0.717, 1.165) is 24.2 Å². The third-order valence-electron chi connectivity index (χ3n) is 5.20. The molecular weight excluding hydrogens is 450 g/mol. The minimum atomic E-state index is -0.271. The van der Waals surface area contributed by atoms with E-state index in [4.69, 9.17) is 4.42 Å². The van der Waals surface area contributed by atoms with Crippen LogP contribution in [0.3, 0.4) is 0 Å². The number of hydrogen-bond donors (Lipinski definition) is 3. The number of carbonyl (C=O) groups excluding carboxylic acids is 2. The van der Waals surface area contributed by atoms with E-state index in [1.54, 1.807) is 17.8 Å². The largest absolute Gasteiger partial charge is 0.431 e. The fraction of sp³-hybridized carbons (Fsp3) is 0.440. The van der Waals surface area contributed by atoms with E-state index in [2.05, 4.69) is 46.6 Å². The Labute approximate surface area is 204 Å². The van der Waals surface area contributed by atoms with Crippen molar-refractivity contribution < 1.29 is 14.0 Å². The molecule has 0 aliphatic heterocycles. The normalized spacial score (nSPS) is 11.6. The van der Waals surface area contributed by atoms with E-state index in [9.17, 15) is 9.59 Å². The summed E-state index contributed by atoms with van der Waals surface area (Å²) in [6, 6.07) is 9.29. The van der Waals surface area contributed by atoms with E-state index in [1.165, 1.54) is 6.20 Å². The Morgan fingerprint density at radius 2 is 1.85 bits per heavy atom. The number of aromatic nitrogens is 3. The molecule has 2 amide bonds. The summed E-state index contributed by atoms with van der Waals surface area (Å²) in [6.45, 7) is 11.1. The molecule has 0 unspecified atom stereocenters. The van der Waals surface area contributed by atoms with Gasteiger partial charge in [-0.05, 0) is 31.0 Å². The standard InChI is InChI=1S/C25H33N5O3S/c1-6-18(7-2)28-23(32)21-15-27-24(33-21)17-10-8-9-16(13-17)19-14-20(30-29-19)22(31)26-11-12-34-25(3,4)5/h8-10,13-15,18H,6-7,11-12H2,1-5H3,(H,26,31)(H,28,32)(H,29,30). The summed E-state index contributed by atoms with van der Waals surface area (Å²) in [7, 11) is 0. The van der Waals surface area contributed by atoms with Crippen LogP contribution >= 0.6 is 11.8 Å². The number of oxazole rings is 1. The van der Waals surface area contributed by atoms with Crippen molar-refractivity contribution in [2.24, 2.45) is 0 Å². The molecule has 3 N–H and O–H groups in total. The van der Waals surface area contributed by atoms with Gasteiger partial charge in [0.1, 0.15) is 5.69 Å². The van der Waals surface area contributed by atoms with Crippen LogP contribution in [0.2, 0.25) is 0 Å². The molecule has 0 saturated carbocycles. The van der Waals surface area contributed by atoms with E-state index in [1.807, 2.05) is 38.1 Å². The Bertz CT molecular complexity index is 1110. The number of benzene rings is 1. The van der Waals surface area contributed by atoms with Crippen molar-refractivity contribution in [2.75, 3.05) is 12.3 Å². The summed E-state index contributed by atoms with van der Waals surface area (Å²) in [4.78, 5) is 29.1. The predicted octanol–water partition coefficient (Wildman–Crippen LogP) is 4.91. The minimum Gasteiger partial charge on any atom is -0.431 e. The maximum atomic E-state index is 12.4. The van der Waals surface area contributed by atoms with Gasteiger partial charge in [0.15, 0.2) is 0 Å². The van der Waals surface area contributed by atoms with Gasteiger partial charge in [0.2, 0.25) is 11.7 Å². The average Bonchev–Trinajstić information content (AvgIpc) is 3.50. The van der Waals surface area contributed by atoms with Gasteiger partial charge in [-0.3, -0.25) is 14.7 Å². The quantitative estimate of drug-likeness (QED) is 0.353. The third kappa shape index (κ3) is 6.96. The number of amides is 2. The number of carbonyl (C=O) groups is 2. The van der Waals surface area contributed by atoms with Gasteiger partial charge < -0.3 is 15.1 Å². The highest BCUT2D eigenvalue weighted by molar-refractivity contribution is 8.00. The SMILES string of the molecule is CCC(CC)NC(=O)c1cnc(-c2cccc(-c3cc(C(=O)NCCSC(C)(C)C)[nH]n3)c2)o1. The molecule has 9 heteroatoms. The van der Waals surface area contributed by atoms with Crippen molar-refractivity contribution in [1.29, 1.82) is 0 Å². The van der Waals surface area contributed by atoms with Gasteiger partial charge in [-0.2, -0.15) is 16.9 Å². The molecule has 0 aliphatic carbocycles. The zero-order valence-electron chi connectivity index (χ0n) is 20.4. The first kappa shape index (κ1) is 25.6. The summed E-state index contributed by atoms with van der Waals surface area (Å²) in [5.41, 5.74) is 2.55. The van der Waals surface area contributed by atoms with Crippen molar-refractivity contribution in [3.05, 3.63) is 48.0 Å². The number of aromatic amines is 1.